The highest BCUT2D eigenvalue weighted by Gasteiger charge is 2.32. The monoisotopic (exact) mass is 243 g/mol. The van der Waals surface area contributed by atoms with E-state index in [0.29, 0.717) is 11.4 Å². The minimum absolute atomic E-state index is 0.168. The first-order valence-electron chi connectivity index (χ1n) is 5.41. The summed E-state index contributed by atoms with van der Waals surface area (Å²) in [6.45, 7) is 0.322. The van der Waals surface area contributed by atoms with Crippen LogP contribution in [-0.2, 0) is 16.6 Å². The van der Waals surface area contributed by atoms with E-state index in [1.54, 1.807) is 13.1 Å². The smallest absolute Gasteiger partial charge is 0.244 e. The Hall–Kier alpha value is -0.850. The fraction of sp³-hybridized carbons (Fsp3) is 0.600. The van der Waals surface area contributed by atoms with Crippen molar-refractivity contribution in [2.24, 2.45) is 5.73 Å². The quantitative estimate of drug-likeness (QED) is 0.814. The number of sulfonamides is 1. The molecular formula is C10H17N3O2S. The zero-order chi connectivity index (χ0) is 11.8. The Morgan fingerprint density at radius 3 is 2.69 bits per heavy atom. The highest BCUT2D eigenvalue weighted by molar-refractivity contribution is 7.89. The number of H-pyrrole nitrogens is 1. The van der Waals surface area contributed by atoms with E-state index >= 15 is 0 Å². The second-order valence-electron chi connectivity index (χ2n) is 4.17. The zero-order valence-corrected chi connectivity index (χ0v) is 10.1. The second kappa shape index (κ2) is 4.20. The van der Waals surface area contributed by atoms with Crippen LogP contribution >= 0.6 is 0 Å². The molecule has 1 aliphatic carbocycles. The van der Waals surface area contributed by atoms with Gasteiger partial charge >= 0.3 is 0 Å². The van der Waals surface area contributed by atoms with E-state index in [4.69, 9.17) is 5.73 Å². The lowest BCUT2D eigenvalue weighted by molar-refractivity contribution is 0.249. The fourth-order valence-corrected chi connectivity index (χ4v) is 3.23. The number of nitrogens with two attached hydrogens (primary N) is 1. The van der Waals surface area contributed by atoms with E-state index in [1.165, 1.54) is 10.5 Å². The summed E-state index contributed by atoms with van der Waals surface area (Å²) < 4.78 is 25.8. The average molecular weight is 243 g/mol. The molecule has 90 valence electrons. The molecule has 2 rings (SSSR count). The summed E-state index contributed by atoms with van der Waals surface area (Å²) in [5.41, 5.74) is 6.18. The standard InChI is InChI=1S/C10H17N3O2S/c1-13(9-3-2-4-9)16(14,15)10-5-8(6-11)12-7-10/h5,7,9,12H,2-4,6,11H2,1H3. The highest BCUT2D eigenvalue weighted by atomic mass is 32.2. The number of hydrogen-bond acceptors (Lipinski definition) is 3. The van der Waals surface area contributed by atoms with Gasteiger partial charge in [-0.15, -0.1) is 0 Å². The van der Waals surface area contributed by atoms with Crippen molar-refractivity contribution in [1.29, 1.82) is 0 Å². The molecule has 0 bridgehead atoms. The largest absolute Gasteiger partial charge is 0.363 e. The van der Waals surface area contributed by atoms with Crippen molar-refractivity contribution in [2.75, 3.05) is 7.05 Å². The summed E-state index contributed by atoms with van der Waals surface area (Å²) in [5, 5.41) is 0. The van der Waals surface area contributed by atoms with Crippen LogP contribution in [0, 0.1) is 0 Å². The lowest BCUT2D eigenvalue weighted by atomic mass is 9.94. The minimum Gasteiger partial charge on any atom is -0.363 e. The van der Waals surface area contributed by atoms with Gasteiger partial charge in [0.1, 0.15) is 0 Å². The Morgan fingerprint density at radius 2 is 2.25 bits per heavy atom. The second-order valence-corrected chi connectivity index (χ2v) is 6.17. The molecule has 6 heteroatoms. The van der Waals surface area contributed by atoms with Crippen molar-refractivity contribution in [2.45, 2.75) is 36.7 Å². The lowest BCUT2D eigenvalue weighted by Crippen LogP contribution is -2.41. The van der Waals surface area contributed by atoms with E-state index in [-0.39, 0.29) is 6.04 Å². The van der Waals surface area contributed by atoms with Crippen LogP contribution < -0.4 is 5.73 Å². The third kappa shape index (κ3) is 1.88. The molecule has 0 spiro atoms. The van der Waals surface area contributed by atoms with Gasteiger partial charge in [-0.2, -0.15) is 4.31 Å². The predicted molar refractivity (Wildman–Crippen MR) is 61.3 cm³/mol. The summed E-state index contributed by atoms with van der Waals surface area (Å²) in [5.74, 6) is 0. The van der Waals surface area contributed by atoms with Gasteiger partial charge in [0.2, 0.25) is 10.0 Å². The molecule has 0 atom stereocenters. The summed E-state index contributed by atoms with van der Waals surface area (Å²) in [6, 6.07) is 1.77. The van der Waals surface area contributed by atoms with Crippen LogP contribution in [0.5, 0.6) is 0 Å². The Morgan fingerprint density at radius 1 is 1.56 bits per heavy atom. The van der Waals surface area contributed by atoms with Crippen molar-refractivity contribution in [3.8, 4) is 0 Å². The van der Waals surface area contributed by atoms with Gasteiger partial charge in [0.15, 0.2) is 0 Å². The number of aromatic amines is 1. The van der Waals surface area contributed by atoms with Gasteiger partial charge < -0.3 is 10.7 Å². The van der Waals surface area contributed by atoms with Crippen molar-refractivity contribution in [3.05, 3.63) is 18.0 Å². The van der Waals surface area contributed by atoms with E-state index in [0.717, 1.165) is 25.0 Å². The molecule has 0 radical (unpaired) electrons. The number of rotatable bonds is 4. The Balaban J connectivity index is 2.23. The van der Waals surface area contributed by atoms with E-state index < -0.39 is 10.0 Å². The van der Waals surface area contributed by atoms with Crippen LogP contribution in [0.1, 0.15) is 25.0 Å². The SMILES string of the molecule is CN(C1CCC1)S(=O)(=O)c1c[nH]c(CN)c1. The van der Waals surface area contributed by atoms with Crippen LogP contribution in [-0.4, -0.2) is 30.8 Å². The molecule has 0 aliphatic heterocycles. The van der Waals surface area contributed by atoms with Crippen molar-refractivity contribution in [3.63, 3.8) is 0 Å². The molecule has 1 aromatic heterocycles. The summed E-state index contributed by atoms with van der Waals surface area (Å²) in [4.78, 5) is 3.17. The van der Waals surface area contributed by atoms with Gasteiger partial charge in [-0.3, -0.25) is 0 Å². The molecule has 3 N–H and O–H groups in total. The molecular weight excluding hydrogens is 226 g/mol. The van der Waals surface area contributed by atoms with Crippen LogP contribution in [0.2, 0.25) is 0 Å². The average Bonchev–Trinajstić information content (AvgIpc) is 2.63. The van der Waals surface area contributed by atoms with Crippen LogP contribution in [0.15, 0.2) is 17.2 Å². The maximum absolute atomic E-state index is 12.2. The third-order valence-corrected chi connectivity index (χ3v) is 5.09. The topological polar surface area (TPSA) is 79.2 Å². The summed E-state index contributed by atoms with van der Waals surface area (Å²) in [6.07, 6.45) is 4.55. The van der Waals surface area contributed by atoms with E-state index in [1.807, 2.05) is 0 Å². The minimum atomic E-state index is -3.34. The number of hydrogen-bond donors (Lipinski definition) is 2. The van der Waals surface area contributed by atoms with Crippen molar-refractivity contribution >= 4 is 10.0 Å². The Labute approximate surface area is 95.7 Å². The summed E-state index contributed by atoms with van der Waals surface area (Å²) in [7, 11) is -1.69. The normalized spacial score (nSPS) is 17.7. The molecule has 1 aliphatic rings. The van der Waals surface area contributed by atoms with Gasteiger partial charge in [-0.25, -0.2) is 8.42 Å². The third-order valence-electron chi connectivity index (χ3n) is 3.20. The van der Waals surface area contributed by atoms with Crippen LogP contribution in [0.25, 0.3) is 0 Å². The van der Waals surface area contributed by atoms with E-state index in [2.05, 4.69) is 4.98 Å². The molecule has 1 heterocycles. The van der Waals surface area contributed by atoms with Gasteiger partial charge in [-0.05, 0) is 18.9 Å². The highest BCUT2D eigenvalue weighted by Crippen LogP contribution is 2.28. The van der Waals surface area contributed by atoms with Gasteiger partial charge in [0.25, 0.3) is 0 Å². The number of nitrogens with one attached hydrogen (secondary N) is 1. The molecule has 5 nitrogen and oxygen atoms in total. The molecule has 0 aromatic carbocycles. The van der Waals surface area contributed by atoms with Gasteiger partial charge in [-0.1, -0.05) is 6.42 Å². The lowest BCUT2D eigenvalue weighted by Gasteiger charge is -2.33. The van der Waals surface area contributed by atoms with Crippen molar-refractivity contribution in [1.82, 2.24) is 9.29 Å². The van der Waals surface area contributed by atoms with Crippen LogP contribution in [0.4, 0.5) is 0 Å². The first kappa shape index (κ1) is 11.6. The Bertz CT molecular complexity index is 462. The predicted octanol–water partition coefficient (Wildman–Crippen LogP) is 0.646. The number of aromatic nitrogens is 1. The molecule has 16 heavy (non-hydrogen) atoms. The van der Waals surface area contributed by atoms with E-state index in [9.17, 15) is 8.42 Å². The maximum atomic E-state index is 12.2. The molecule has 0 amide bonds. The Kier molecular flexibility index (Phi) is 3.05. The van der Waals surface area contributed by atoms with Gasteiger partial charge in [0.05, 0.1) is 4.90 Å². The number of nitrogens with zero attached hydrogens (tertiary/aromatic N) is 1. The molecule has 1 fully saturated rings. The molecule has 0 saturated heterocycles. The zero-order valence-electron chi connectivity index (χ0n) is 9.31. The van der Waals surface area contributed by atoms with Gasteiger partial charge in [0, 0.05) is 31.5 Å². The summed E-state index contributed by atoms with van der Waals surface area (Å²) >= 11 is 0. The fourth-order valence-electron chi connectivity index (χ4n) is 1.80. The van der Waals surface area contributed by atoms with Crippen molar-refractivity contribution < 1.29 is 8.42 Å². The first-order valence-corrected chi connectivity index (χ1v) is 6.85. The molecule has 1 aromatic rings. The maximum Gasteiger partial charge on any atom is 0.244 e. The molecule has 0 unspecified atom stereocenters. The first-order chi connectivity index (χ1) is 7.55. The van der Waals surface area contributed by atoms with Crippen LogP contribution in [0.3, 0.4) is 0 Å². The molecule has 1 saturated carbocycles.